The van der Waals surface area contributed by atoms with E-state index in [2.05, 4.69) is 37.4 Å². The first-order valence-electron chi connectivity index (χ1n) is 7.29. The summed E-state index contributed by atoms with van der Waals surface area (Å²) in [5.41, 5.74) is 3.41. The third kappa shape index (κ3) is 3.21. The lowest BCUT2D eigenvalue weighted by Gasteiger charge is -2.25. The summed E-state index contributed by atoms with van der Waals surface area (Å²) in [5.74, 6) is 0.0351. The fourth-order valence-electron chi connectivity index (χ4n) is 2.81. The molecule has 1 aromatic carbocycles. The Hall–Kier alpha value is -1.35. The second-order valence-corrected chi connectivity index (χ2v) is 6.69. The number of rotatable bonds is 2. The number of nitrogens with one attached hydrogen (secondary N) is 1. The normalized spacial score (nSPS) is 22.9. The van der Waals surface area contributed by atoms with E-state index in [9.17, 15) is 4.79 Å². The average molecular weight is 275 g/mol. The minimum absolute atomic E-state index is 0.0882. The van der Waals surface area contributed by atoms with E-state index in [4.69, 9.17) is 4.74 Å². The van der Waals surface area contributed by atoms with Crippen LogP contribution in [0.1, 0.15) is 43.4 Å². The molecular weight excluding hydrogens is 250 g/mol. The summed E-state index contributed by atoms with van der Waals surface area (Å²) in [5, 5.41) is 3.33. The third-order valence-electron chi connectivity index (χ3n) is 3.97. The summed E-state index contributed by atoms with van der Waals surface area (Å²) in [6.45, 7) is 11.5. The lowest BCUT2D eigenvalue weighted by atomic mass is 9.85. The number of hydrogen-bond donors (Lipinski definition) is 1. The van der Waals surface area contributed by atoms with Crippen LogP contribution in [0.2, 0.25) is 0 Å². The van der Waals surface area contributed by atoms with E-state index in [-0.39, 0.29) is 17.8 Å². The van der Waals surface area contributed by atoms with Gasteiger partial charge in [-0.05, 0) is 51.3 Å². The smallest absolute Gasteiger partial charge is 0.311 e. The number of hydrogen-bond acceptors (Lipinski definition) is 3. The first-order chi connectivity index (χ1) is 9.29. The molecule has 3 nitrogen and oxygen atoms in total. The standard InChI is InChI=1S/C17H25NO2/c1-11-7-6-8-13(12(11)2)14-9-18-10-15(14)16(19)20-17(3,4)5/h6-8,14-15,18H,9-10H2,1-5H3. The quantitative estimate of drug-likeness (QED) is 0.843. The van der Waals surface area contributed by atoms with Gasteiger partial charge < -0.3 is 10.1 Å². The summed E-state index contributed by atoms with van der Waals surface area (Å²) >= 11 is 0. The van der Waals surface area contributed by atoms with Crippen molar-refractivity contribution in [3.63, 3.8) is 0 Å². The molecule has 0 saturated carbocycles. The maximum absolute atomic E-state index is 12.4. The number of carbonyl (C=O) groups excluding carboxylic acids is 1. The van der Waals surface area contributed by atoms with E-state index in [0.717, 1.165) is 6.54 Å². The van der Waals surface area contributed by atoms with Crippen LogP contribution < -0.4 is 5.32 Å². The van der Waals surface area contributed by atoms with Gasteiger partial charge in [0.05, 0.1) is 5.92 Å². The molecule has 2 unspecified atom stereocenters. The molecule has 0 spiro atoms. The molecule has 0 amide bonds. The zero-order valence-electron chi connectivity index (χ0n) is 13.1. The molecular formula is C17H25NO2. The van der Waals surface area contributed by atoms with Crippen LogP contribution in [0.15, 0.2) is 18.2 Å². The lowest BCUT2D eigenvalue weighted by molar-refractivity contribution is -0.159. The molecule has 20 heavy (non-hydrogen) atoms. The zero-order chi connectivity index (χ0) is 14.9. The van der Waals surface area contributed by atoms with Gasteiger partial charge in [0.25, 0.3) is 0 Å². The Morgan fingerprint density at radius 3 is 2.60 bits per heavy atom. The highest BCUT2D eigenvalue weighted by Crippen LogP contribution is 2.33. The SMILES string of the molecule is Cc1cccc(C2CNCC2C(=O)OC(C)(C)C)c1C. The highest BCUT2D eigenvalue weighted by molar-refractivity contribution is 5.75. The van der Waals surface area contributed by atoms with Crippen LogP contribution in [0.4, 0.5) is 0 Å². The molecule has 2 rings (SSSR count). The van der Waals surface area contributed by atoms with Crippen molar-refractivity contribution in [1.29, 1.82) is 0 Å². The highest BCUT2D eigenvalue weighted by Gasteiger charge is 2.37. The zero-order valence-corrected chi connectivity index (χ0v) is 13.1. The number of carbonyl (C=O) groups is 1. The van der Waals surface area contributed by atoms with Crippen molar-refractivity contribution < 1.29 is 9.53 Å². The predicted octanol–water partition coefficient (Wildman–Crippen LogP) is 2.95. The Bertz CT molecular complexity index is 502. The van der Waals surface area contributed by atoms with Crippen LogP contribution >= 0.6 is 0 Å². The van der Waals surface area contributed by atoms with Gasteiger partial charge >= 0.3 is 5.97 Å². The average Bonchev–Trinajstić information content (AvgIpc) is 2.79. The largest absolute Gasteiger partial charge is 0.460 e. The van der Waals surface area contributed by atoms with Crippen molar-refractivity contribution in [2.75, 3.05) is 13.1 Å². The van der Waals surface area contributed by atoms with Crippen LogP contribution in [0, 0.1) is 19.8 Å². The number of benzene rings is 1. The van der Waals surface area contributed by atoms with Crippen molar-refractivity contribution in [3.05, 3.63) is 34.9 Å². The van der Waals surface area contributed by atoms with E-state index in [1.54, 1.807) is 0 Å². The maximum Gasteiger partial charge on any atom is 0.311 e. The summed E-state index contributed by atoms with van der Waals surface area (Å²) in [6, 6.07) is 6.32. The van der Waals surface area contributed by atoms with Gasteiger partial charge in [0.15, 0.2) is 0 Å². The van der Waals surface area contributed by atoms with Crippen LogP contribution in [-0.2, 0) is 9.53 Å². The third-order valence-corrected chi connectivity index (χ3v) is 3.97. The maximum atomic E-state index is 12.4. The Labute approximate surface area is 121 Å². The second-order valence-electron chi connectivity index (χ2n) is 6.69. The minimum Gasteiger partial charge on any atom is -0.460 e. The van der Waals surface area contributed by atoms with Gasteiger partial charge in [-0.3, -0.25) is 4.79 Å². The lowest BCUT2D eigenvalue weighted by Crippen LogP contribution is -2.32. The van der Waals surface area contributed by atoms with Crippen molar-refractivity contribution in [1.82, 2.24) is 5.32 Å². The van der Waals surface area contributed by atoms with E-state index >= 15 is 0 Å². The molecule has 1 N–H and O–H groups in total. The number of aryl methyl sites for hydroxylation is 1. The van der Waals surface area contributed by atoms with Gasteiger partial charge in [-0.2, -0.15) is 0 Å². The van der Waals surface area contributed by atoms with E-state index < -0.39 is 5.60 Å². The summed E-state index contributed by atoms with van der Waals surface area (Å²) in [7, 11) is 0. The van der Waals surface area contributed by atoms with Crippen LogP contribution in [0.5, 0.6) is 0 Å². The number of esters is 1. The van der Waals surface area contributed by atoms with Gasteiger partial charge in [-0.1, -0.05) is 18.2 Å². The topological polar surface area (TPSA) is 38.3 Å². The molecule has 110 valence electrons. The van der Waals surface area contributed by atoms with Crippen LogP contribution in [0.3, 0.4) is 0 Å². The molecule has 0 aliphatic carbocycles. The Kier molecular flexibility index (Phi) is 4.19. The van der Waals surface area contributed by atoms with Gasteiger partial charge in [0.1, 0.15) is 5.60 Å². The molecule has 2 atom stereocenters. The molecule has 1 aliphatic rings. The van der Waals surface area contributed by atoms with Crippen molar-refractivity contribution in [2.45, 2.75) is 46.1 Å². The van der Waals surface area contributed by atoms with Gasteiger partial charge in [-0.25, -0.2) is 0 Å². The summed E-state index contributed by atoms with van der Waals surface area (Å²) in [4.78, 5) is 12.4. The first-order valence-corrected chi connectivity index (χ1v) is 7.29. The Morgan fingerprint density at radius 2 is 1.95 bits per heavy atom. The molecule has 1 aromatic rings. The molecule has 1 fully saturated rings. The molecule has 0 aromatic heterocycles. The van der Waals surface area contributed by atoms with Gasteiger partial charge in [0, 0.05) is 19.0 Å². The molecule has 1 saturated heterocycles. The summed E-state index contributed by atoms with van der Waals surface area (Å²) < 4.78 is 5.56. The Balaban J connectivity index is 2.23. The molecule has 1 aliphatic heterocycles. The predicted molar refractivity (Wildman–Crippen MR) is 80.9 cm³/mol. The Morgan fingerprint density at radius 1 is 1.25 bits per heavy atom. The fraction of sp³-hybridized carbons (Fsp3) is 0.588. The molecule has 0 bridgehead atoms. The summed E-state index contributed by atoms with van der Waals surface area (Å²) in [6.07, 6.45) is 0. The first kappa shape index (κ1) is 15.0. The van der Waals surface area contributed by atoms with Crippen molar-refractivity contribution in [3.8, 4) is 0 Å². The monoisotopic (exact) mass is 275 g/mol. The molecule has 3 heteroatoms. The molecule has 1 heterocycles. The van der Waals surface area contributed by atoms with Crippen LogP contribution in [-0.4, -0.2) is 24.7 Å². The van der Waals surface area contributed by atoms with E-state index in [1.165, 1.54) is 16.7 Å². The van der Waals surface area contributed by atoms with Crippen molar-refractivity contribution in [2.24, 2.45) is 5.92 Å². The van der Waals surface area contributed by atoms with E-state index in [1.807, 2.05) is 20.8 Å². The van der Waals surface area contributed by atoms with E-state index in [0.29, 0.717) is 6.54 Å². The number of ether oxygens (including phenoxy) is 1. The van der Waals surface area contributed by atoms with Crippen LogP contribution in [0.25, 0.3) is 0 Å². The fourth-order valence-corrected chi connectivity index (χ4v) is 2.81. The second kappa shape index (κ2) is 5.57. The molecule has 0 radical (unpaired) electrons. The van der Waals surface area contributed by atoms with Crippen molar-refractivity contribution >= 4 is 5.97 Å². The van der Waals surface area contributed by atoms with Gasteiger partial charge in [-0.15, -0.1) is 0 Å². The van der Waals surface area contributed by atoms with Gasteiger partial charge in [0.2, 0.25) is 0 Å². The minimum atomic E-state index is -0.425. The highest BCUT2D eigenvalue weighted by atomic mass is 16.6.